The number of hydrogen-bond acceptors (Lipinski definition) is 10. The van der Waals surface area contributed by atoms with E-state index < -0.39 is 17.4 Å². The molecule has 1 aromatic heterocycles. The molecule has 0 radical (unpaired) electrons. The highest BCUT2D eigenvalue weighted by Crippen LogP contribution is 2.61. The lowest BCUT2D eigenvalue weighted by Gasteiger charge is -2.30. The lowest BCUT2D eigenvalue weighted by molar-refractivity contribution is 0.0207. The fraction of sp³-hybridized carbons (Fsp3) is 0.342. The lowest BCUT2D eigenvalue weighted by Crippen LogP contribution is -2.39. The number of rotatable bonds is 5. The average molecular weight is 648 g/mol. The first-order chi connectivity index (χ1) is 23.0. The Morgan fingerprint density at radius 3 is 2.58 bits per heavy atom. The maximum Gasteiger partial charge on any atom is 0.514 e. The summed E-state index contributed by atoms with van der Waals surface area (Å²) in [5.74, 6) is -0.191. The number of allylic oxidation sites excluding steroid dienone is 1. The molecule has 3 aliphatic carbocycles. The Labute approximate surface area is 276 Å². The van der Waals surface area contributed by atoms with Crippen LogP contribution < -0.4 is 9.47 Å². The van der Waals surface area contributed by atoms with Crippen LogP contribution in [0.5, 0.6) is 11.6 Å². The maximum absolute atomic E-state index is 14.8. The summed E-state index contributed by atoms with van der Waals surface area (Å²) in [6, 6.07) is 14.7. The van der Waals surface area contributed by atoms with Gasteiger partial charge < -0.3 is 23.5 Å². The summed E-state index contributed by atoms with van der Waals surface area (Å²) in [6.07, 6.45) is 1.91. The van der Waals surface area contributed by atoms with Crippen molar-refractivity contribution in [2.24, 2.45) is 11.8 Å². The highest BCUT2D eigenvalue weighted by atomic mass is 16.7. The topological polar surface area (TPSA) is 135 Å². The van der Waals surface area contributed by atoms with Crippen molar-refractivity contribution in [2.75, 3.05) is 0 Å². The van der Waals surface area contributed by atoms with Gasteiger partial charge in [-0.05, 0) is 86.2 Å². The molecule has 1 fully saturated rings. The van der Waals surface area contributed by atoms with Crippen molar-refractivity contribution < 1.29 is 42.6 Å². The normalized spacial score (nSPS) is 22.3. The summed E-state index contributed by atoms with van der Waals surface area (Å²) in [4.78, 5) is 54.0. The maximum atomic E-state index is 14.8. The zero-order valence-electron chi connectivity index (χ0n) is 27.0. The van der Waals surface area contributed by atoms with Crippen molar-refractivity contribution in [2.45, 2.75) is 71.2 Å². The van der Waals surface area contributed by atoms with Crippen molar-refractivity contribution in [1.82, 2.24) is 5.16 Å². The molecule has 0 bridgehead atoms. The standard InChI is InChI=1S/C38H33NO9/c1-19-24-13-10-21(17-40)14-26(24)32(45-36(43)47-37(2,3)4)29-25(19)15-22-11-12-23-16-27-30(33(42)38(23)34(46-38)28(22)31(29)41)35(39-48-27)44-18-20-8-6-5-7-9-20/h5-10,13-14,17,22-23H,11-12,15-16,18H2,1-4H3/t22?,23-,38+/m0/s1. The number of Topliss-reactive ketones (excluding diaryl/α,β-unsaturated/α-hetero) is 2. The van der Waals surface area contributed by atoms with Crippen LogP contribution in [0.25, 0.3) is 10.8 Å². The lowest BCUT2D eigenvalue weighted by atomic mass is 9.74. The molecule has 4 aromatic rings. The molecule has 1 spiro atoms. The van der Waals surface area contributed by atoms with Gasteiger partial charge in [-0.1, -0.05) is 42.5 Å². The molecule has 0 N–H and O–H groups in total. The van der Waals surface area contributed by atoms with Crippen molar-refractivity contribution in [3.05, 3.63) is 99.0 Å². The highest BCUT2D eigenvalue weighted by Gasteiger charge is 2.71. The number of ketones is 2. The van der Waals surface area contributed by atoms with Gasteiger partial charge in [0.05, 0.1) is 5.56 Å². The zero-order valence-corrected chi connectivity index (χ0v) is 27.0. The quantitative estimate of drug-likeness (QED) is 0.0958. The van der Waals surface area contributed by atoms with E-state index in [4.69, 9.17) is 23.5 Å². The average Bonchev–Trinajstić information content (AvgIpc) is 3.68. The monoisotopic (exact) mass is 647 g/mol. The molecule has 10 nitrogen and oxygen atoms in total. The van der Waals surface area contributed by atoms with Crippen molar-refractivity contribution in [3.8, 4) is 11.6 Å². The number of aryl methyl sites for hydroxylation is 1. The Kier molecular flexibility index (Phi) is 6.67. The first kappa shape index (κ1) is 30.1. The minimum atomic E-state index is -1.32. The van der Waals surface area contributed by atoms with Crippen LogP contribution in [0.3, 0.4) is 0 Å². The van der Waals surface area contributed by atoms with E-state index >= 15 is 0 Å². The molecule has 244 valence electrons. The molecule has 4 aliphatic rings. The van der Waals surface area contributed by atoms with E-state index in [1.54, 1.807) is 39.0 Å². The molecule has 1 saturated heterocycles. The van der Waals surface area contributed by atoms with Crippen LogP contribution >= 0.6 is 0 Å². The molecule has 3 atom stereocenters. The summed E-state index contributed by atoms with van der Waals surface area (Å²) < 4.78 is 29.2. The number of benzene rings is 3. The van der Waals surface area contributed by atoms with Gasteiger partial charge in [0.15, 0.2) is 23.1 Å². The third-order valence-corrected chi connectivity index (χ3v) is 9.90. The van der Waals surface area contributed by atoms with E-state index in [9.17, 15) is 19.2 Å². The molecule has 2 heterocycles. The number of aldehydes is 1. The van der Waals surface area contributed by atoms with E-state index in [1.807, 2.05) is 37.3 Å². The van der Waals surface area contributed by atoms with Gasteiger partial charge in [-0.25, -0.2) is 4.79 Å². The van der Waals surface area contributed by atoms with Crippen LogP contribution in [0.15, 0.2) is 64.4 Å². The molecule has 3 aromatic carbocycles. The predicted molar refractivity (Wildman–Crippen MR) is 171 cm³/mol. The van der Waals surface area contributed by atoms with Gasteiger partial charge in [0.1, 0.15) is 24.1 Å². The SMILES string of the molecule is Cc1c2c(c(OC(=O)OC(C)(C)C)c3cc(C=O)ccc13)C(=O)C1=C3O[C@]34C(=O)c3c(OCc5ccccc5)noc3C[C@@H]4CCC1C2. The molecule has 10 heteroatoms. The van der Waals surface area contributed by atoms with E-state index in [-0.39, 0.29) is 52.8 Å². The van der Waals surface area contributed by atoms with Crippen LogP contribution in [0, 0.1) is 18.8 Å². The molecular formula is C38H33NO9. The number of carbonyl (C=O) groups is 4. The number of carbonyl (C=O) groups excluding carboxylic acids is 4. The number of ether oxygens (including phenoxy) is 4. The van der Waals surface area contributed by atoms with Crippen molar-refractivity contribution >= 4 is 34.8 Å². The number of aromatic nitrogens is 1. The van der Waals surface area contributed by atoms with E-state index in [0.717, 1.165) is 22.1 Å². The van der Waals surface area contributed by atoms with Gasteiger partial charge >= 0.3 is 6.16 Å². The Balaban J connectivity index is 1.23. The van der Waals surface area contributed by atoms with Crippen LogP contribution in [0.2, 0.25) is 0 Å². The van der Waals surface area contributed by atoms with Gasteiger partial charge in [0.25, 0.3) is 5.88 Å². The largest absolute Gasteiger partial charge is 0.514 e. The number of fused-ring (bicyclic) bond motifs is 4. The second-order valence-electron chi connectivity index (χ2n) is 14.0. The predicted octanol–water partition coefficient (Wildman–Crippen LogP) is 7.07. The second kappa shape index (κ2) is 10.6. The minimum absolute atomic E-state index is 0.0310. The molecular weight excluding hydrogens is 614 g/mol. The molecule has 1 aliphatic heterocycles. The molecule has 0 saturated carbocycles. The Bertz CT molecular complexity index is 2100. The molecule has 0 amide bonds. The number of epoxide rings is 1. The van der Waals surface area contributed by atoms with Crippen LogP contribution in [-0.2, 0) is 28.9 Å². The van der Waals surface area contributed by atoms with E-state index in [1.165, 1.54) is 0 Å². The summed E-state index contributed by atoms with van der Waals surface area (Å²) in [7, 11) is 0. The van der Waals surface area contributed by atoms with Gasteiger partial charge in [-0.15, -0.1) is 0 Å². The van der Waals surface area contributed by atoms with Crippen molar-refractivity contribution in [3.63, 3.8) is 0 Å². The van der Waals surface area contributed by atoms with Crippen LogP contribution in [-0.4, -0.2) is 40.4 Å². The Morgan fingerprint density at radius 1 is 1.04 bits per heavy atom. The molecule has 48 heavy (non-hydrogen) atoms. The first-order valence-electron chi connectivity index (χ1n) is 16.1. The molecule has 1 unspecified atom stereocenters. The fourth-order valence-corrected chi connectivity index (χ4v) is 7.68. The van der Waals surface area contributed by atoms with Gasteiger partial charge in [0, 0.05) is 28.9 Å². The summed E-state index contributed by atoms with van der Waals surface area (Å²) in [5.41, 5.74) is 1.63. The van der Waals surface area contributed by atoms with E-state index in [2.05, 4.69) is 5.16 Å². The highest BCUT2D eigenvalue weighted by molar-refractivity contribution is 6.20. The number of nitrogens with zero attached hydrogens (tertiary/aromatic N) is 1. The molecule has 8 rings (SSSR count). The third-order valence-electron chi connectivity index (χ3n) is 9.90. The summed E-state index contributed by atoms with van der Waals surface area (Å²) in [6.45, 7) is 7.29. The fourth-order valence-electron chi connectivity index (χ4n) is 7.68. The minimum Gasteiger partial charge on any atom is -0.470 e. The smallest absolute Gasteiger partial charge is 0.470 e. The van der Waals surface area contributed by atoms with Gasteiger partial charge in [0.2, 0.25) is 11.4 Å². The van der Waals surface area contributed by atoms with Crippen molar-refractivity contribution in [1.29, 1.82) is 0 Å². The first-order valence-corrected chi connectivity index (χ1v) is 16.1. The van der Waals surface area contributed by atoms with Gasteiger partial charge in [-0.2, -0.15) is 0 Å². The second-order valence-corrected chi connectivity index (χ2v) is 14.0. The summed E-state index contributed by atoms with van der Waals surface area (Å²) in [5, 5.41) is 5.30. The third kappa shape index (κ3) is 4.57. The Hall–Kier alpha value is -5.25. The number of hydrogen-bond donors (Lipinski definition) is 0. The van der Waals surface area contributed by atoms with Crippen LogP contribution in [0.4, 0.5) is 4.79 Å². The Morgan fingerprint density at radius 2 is 1.83 bits per heavy atom. The zero-order chi connectivity index (χ0) is 33.5. The van der Waals surface area contributed by atoms with Crippen LogP contribution in [0.1, 0.15) is 87.1 Å². The summed E-state index contributed by atoms with van der Waals surface area (Å²) >= 11 is 0. The van der Waals surface area contributed by atoms with Gasteiger partial charge in [-0.3, -0.25) is 14.4 Å². The van der Waals surface area contributed by atoms with E-state index in [0.29, 0.717) is 60.0 Å².